The van der Waals surface area contributed by atoms with Gasteiger partial charge in [0.2, 0.25) is 0 Å². The number of anilines is 1. The van der Waals surface area contributed by atoms with E-state index in [1.165, 1.54) is 0 Å². The predicted molar refractivity (Wildman–Crippen MR) is 123 cm³/mol. The van der Waals surface area contributed by atoms with Gasteiger partial charge in [-0.3, -0.25) is 4.79 Å². The number of hydrogen-bond donors (Lipinski definition) is 1. The molecule has 4 heteroatoms. The van der Waals surface area contributed by atoms with Crippen molar-refractivity contribution >= 4 is 11.6 Å². The van der Waals surface area contributed by atoms with Crippen molar-refractivity contribution in [1.82, 2.24) is 0 Å². The number of amides is 1. The number of ether oxygens (including phenoxy) is 2. The molecule has 0 saturated heterocycles. The minimum Gasteiger partial charge on any atom is -0.490 e. The maximum Gasteiger partial charge on any atom is 0.256 e. The van der Waals surface area contributed by atoms with Crippen molar-refractivity contribution in [2.45, 2.75) is 99.7 Å². The third-order valence-electron chi connectivity index (χ3n) is 5.08. The summed E-state index contributed by atoms with van der Waals surface area (Å²) in [5.74, 6) is 1.61. The molecule has 0 aliphatic rings. The summed E-state index contributed by atoms with van der Waals surface area (Å²) in [7, 11) is 0. The minimum atomic E-state index is -0.800. The summed E-state index contributed by atoms with van der Waals surface area (Å²) in [5, 5.41) is 3.16. The maximum absolute atomic E-state index is 13.5. The summed E-state index contributed by atoms with van der Waals surface area (Å²) >= 11 is 0. The van der Waals surface area contributed by atoms with Crippen LogP contribution >= 0.6 is 0 Å². The van der Waals surface area contributed by atoms with Gasteiger partial charge < -0.3 is 14.8 Å². The normalized spacial score (nSPS) is 13.1. The molecule has 29 heavy (non-hydrogen) atoms. The number of rotatable bonds is 12. The molecule has 1 aromatic rings. The van der Waals surface area contributed by atoms with Gasteiger partial charge in [-0.2, -0.15) is 0 Å². The summed E-state index contributed by atoms with van der Waals surface area (Å²) in [6.07, 6.45) is 3.44. The molecule has 0 aromatic heterocycles. The van der Waals surface area contributed by atoms with E-state index >= 15 is 0 Å². The molecule has 0 unspecified atom stereocenters. The Bertz CT molecular complexity index is 618. The van der Waals surface area contributed by atoms with E-state index in [1.54, 1.807) is 0 Å². The van der Waals surface area contributed by atoms with E-state index in [9.17, 15) is 4.79 Å². The summed E-state index contributed by atoms with van der Waals surface area (Å²) in [5.41, 5.74) is 2.08. The molecular weight excluding hydrogens is 362 g/mol. The second-order valence-corrected chi connectivity index (χ2v) is 9.27. The third kappa shape index (κ3) is 7.65. The Morgan fingerprint density at radius 1 is 1.00 bits per heavy atom. The van der Waals surface area contributed by atoms with Crippen molar-refractivity contribution in [1.29, 1.82) is 0 Å². The quantitative estimate of drug-likeness (QED) is 0.422. The van der Waals surface area contributed by atoms with Gasteiger partial charge in [-0.05, 0) is 81.5 Å². The van der Waals surface area contributed by atoms with Gasteiger partial charge in [-0.1, -0.05) is 41.5 Å². The summed E-state index contributed by atoms with van der Waals surface area (Å²) in [6.45, 7) is 19.5. The minimum absolute atomic E-state index is 0.0391. The fourth-order valence-corrected chi connectivity index (χ4v) is 3.81. The fraction of sp³-hybridized carbons (Fsp3) is 0.720. The van der Waals surface area contributed by atoms with E-state index in [0.29, 0.717) is 31.3 Å². The molecule has 0 aliphatic heterocycles. The first-order chi connectivity index (χ1) is 13.5. The molecule has 0 saturated carbocycles. The number of nitrogens with one attached hydrogen (secondary N) is 1. The SMILES string of the molecule is CCCOC(CC(C)C)(CC(C)C)C(=O)Nc1cc(C)c(O[C@H](C)CC)c(C)c1. The Labute approximate surface area is 178 Å². The summed E-state index contributed by atoms with van der Waals surface area (Å²) < 4.78 is 12.3. The maximum atomic E-state index is 13.5. The smallest absolute Gasteiger partial charge is 0.256 e. The molecule has 0 fully saturated rings. The monoisotopic (exact) mass is 405 g/mol. The van der Waals surface area contributed by atoms with Gasteiger partial charge in [0.25, 0.3) is 5.91 Å². The van der Waals surface area contributed by atoms with Gasteiger partial charge in [0.05, 0.1) is 6.10 Å². The molecule has 0 heterocycles. The number of hydrogen-bond acceptors (Lipinski definition) is 3. The zero-order valence-corrected chi connectivity index (χ0v) is 20.1. The number of aryl methyl sites for hydroxylation is 2. The molecule has 1 N–H and O–H groups in total. The van der Waals surface area contributed by atoms with Crippen molar-refractivity contribution in [3.8, 4) is 5.75 Å². The van der Waals surface area contributed by atoms with Gasteiger partial charge in [0.15, 0.2) is 0 Å². The molecule has 0 spiro atoms. The van der Waals surface area contributed by atoms with Crippen LogP contribution in [0.3, 0.4) is 0 Å². The highest BCUT2D eigenvalue weighted by Gasteiger charge is 2.40. The Morgan fingerprint density at radius 2 is 1.52 bits per heavy atom. The molecule has 1 rings (SSSR count). The van der Waals surface area contributed by atoms with Crippen LogP contribution in [0.2, 0.25) is 0 Å². The lowest BCUT2D eigenvalue weighted by Crippen LogP contribution is -2.48. The van der Waals surface area contributed by atoms with Crippen LogP contribution in [0.5, 0.6) is 5.75 Å². The van der Waals surface area contributed by atoms with E-state index in [4.69, 9.17) is 9.47 Å². The van der Waals surface area contributed by atoms with Crippen LogP contribution < -0.4 is 10.1 Å². The Kier molecular flexibility index (Phi) is 10.2. The lowest BCUT2D eigenvalue weighted by molar-refractivity contribution is -0.147. The summed E-state index contributed by atoms with van der Waals surface area (Å²) in [6, 6.07) is 4.00. The third-order valence-corrected chi connectivity index (χ3v) is 5.08. The van der Waals surface area contributed by atoms with Gasteiger partial charge in [-0.25, -0.2) is 0 Å². The van der Waals surface area contributed by atoms with Gasteiger partial charge in [0.1, 0.15) is 11.4 Å². The van der Waals surface area contributed by atoms with E-state index in [-0.39, 0.29) is 12.0 Å². The molecule has 1 atom stereocenters. The van der Waals surface area contributed by atoms with Gasteiger partial charge >= 0.3 is 0 Å². The van der Waals surface area contributed by atoms with Crippen molar-refractivity contribution in [2.75, 3.05) is 11.9 Å². The molecule has 166 valence electrons. The second kappa shape index (κ2) is 11.6. The second-order valence-electron chi connectivity index (χ2n) is 9.27. The number of carbonyl (C=O) groups is 1. The van der Waals surface area contributed by atoms with E-state index in [1.807, 2.05) is 26.0 Å². The van der Waals surface area contributed by atoms with Gasteiger partial charge in [-0.15, -0.1) is 0 Å². The number of carbonyl (C=O) groups excluding carboxylic acids is 1. The summed E-state index contributed by atoms with van der Waals surface area (Å²) in [4.78, 5) is 13.5. The largest absolute Gasteiger partial charge is 0.490 e. The van der Waals surface area contributed by atoms with Crippen LogP contribution in [-0.2, 0) is 9.53 Å². The fourth-order valence-electron chi connectivity index (χ4n) is 3.81. The molecular formula is C25H43NO3. The van der Waals surface area contributed by atoms with Crippen LogP contribution in [0.1, 0.15) is 85.3 Å². The van der Waals surface area contributed by atoms with E-state index in [2.05, 4.69) is 53.8 Å². The van der Waals surface area contributed by atoms with Crippen molar-refractivity contribution in [3.63, 3.8) is 0 Å². The van der Waals surface area contributed by atoms with E-state index < -0.39 is 5.60 Å². The zero-order valence-electron chi connectivity index (χ0n) is 20.1. The van der Waals surface area contributed by atoms with Gasteiger partial charge in [0, 0.05) is 12.3 Å². The standard InChI is InChI=1S/C25H43NO3/c1-10-12-28-25(15-17(3)4,16-18(5)6)24(27)26-22-13-19(7)23(20(8)14-22)29-21(9)11-2/h13-14,17-18,21H,10-12,15-16H2,1-9H3,(H,26,27)/t21-/m1/s1. The van der Waals surface area contributed by atoms with Crippen molar-refractivity contribution in [2.24, 2.45) is 11.8 Å². The first kappa shape index (κ1) is 25.5. The van der Waals surface area contributed by atoms with Crippen LogP contribution in [0.15, 0.2) is 12.1 Å². The van der Waals surface area contributed by atoms with Crippen molar-refractivity contribution in [3.05, 3.63) is 23.3 Å². The first-order valence-electron chi connectivity index (χ1n) is 11.3. The van der Waals surface area contributed by atoms with Crippen LogP contribution in [0.25, 0.3) is 0 Å². The molecule has 4 nitrogen and oxygen atoms in total. The Morgan fingerprint density at radius 3 is 1.93 bits per heavy atom. The predicted octanol–water partition coefficient (Wildman–Crippen LogP) is 6.68. The lowest BCUT2D eigenvalue weighted by atomic mass is 9.83. The topological polar surface area (TPSA) is 47.6 Å². The highest BCUT2D eigenvalue weighted by Crippen LogP contribution is 2.33. The Hall–Kier alpha value is -1.55. The lowest BCUT2D eigenvalue weighted by Gasteiger charge is -2.35. The van der Waals surface area contributed by atoms with E-state index in [0.717, 1.165) is 35.4 Å². The first-order valence-corrected chi connectivity index (χ1v) is 11.3. The van der Waals surface area contributed by atoms with Crippen LogP contribution in [0, 0.1) is 25.7 Å². The molecule has 0 radical (unpaired) electrons. The molecule has 1 amide bonds. The molecule has 0 bridgehead atoms. The zero-order chi connectivity index (χ0) is 22.2. The molecule has 1 aromatic carbocycles. The highest BCUT2D eigenvalue weighted by atomic mass is 16.5. The van der Waals surface area contributed by atoms with Crippen LogP contribution in [0.4, 0.5) is 5.69 Å². The van der Waals surface area contributed by atoms with Crippen LogP contribution in [-0.4, -0.2) is 24.2 Å². The average molecular weight is 406 g/mol. The Balaban J connectivity index is 3.17. The van der Waals surface area contributed by atoms with Crippen molar-refractivity contribution < 1.29 is 14.3 Å². The number of benzene rings is 1. The molecule has 0 aliphatic carbocycles. The average Bonchev–Trinajstić information content (AvgIpc) is 2.61. The highest BCUT2D eigenvalue weighted by molar-refractivity contribution is 5.97.